The Labute approximate surface area is 134 Å². The van der Waals surface area contributed by atoms with Crippen molar-refractivity contribution >= 4 is 17.5 Å². The summed E-state index contributed by atoms with van der Waals surface area (Å²) in [6.07, 6.45) is 0.344. The first-order valence-corrected chi connectivity index (χ1v) is 7.50. The molecular formula is C16H19ClN2O3. The van der Waals surface area contributed by atoms with E-state index < -0.39 is 12.0 Å². The number of carbonyl (C=O) groups is 1. The zero-order valence-corrected chi connectivity index (χ0v) is 13.4. The number of nitrogens with zero attached hydrogens (tertiary/aromatic N) is 1. The second-order valence-electron chi connectivity index (χ2n) is 5.15. The lowest BCUT2D eigenvalue weighted by atomic mass is 10.1. The van der Waals surface area contributed by atoms with Crippen molar-refractivity contribution in [1.29, 1.82) is 0 Å². The van der Waals surface area contributed by atoms with Crippen LogP contribution in [0.1, 0.15) is 35.1 Å². The average molecular weight is 323 g/mol. The number of halogens is 1. The number of rotatable bonds is 6. The smallest absolute Gasteiger partial charge is 0.253 e. The molecule has 1 heterocycles. The van der Waals surface area contributed by atoms with Crippen LogP contribution >= 0.6 is 11.6 Å². The molecule has 0 aliphatic heterocycles. The van der Waals surface area contributed by atoms with Crippen LogP contribution in [0.3, 0.4) is 0 Å². The minimum absolute atomic E-state index is 0.416. The van der Waals surface area contributed by atoms with Gasteiger partial charge in [-0.1, -0.05) is 28.9 Å². The van der Waals surface area contributed by atoms with E-state index in [-0.39, 0.29) is 0 Å². The van der Waals surface area contributed by atoms with Gasteiger partial charge in [-0.3, -0.25) is 4.79 Å². The van der Waals surface area contributed by atoms with E-state index in [1.54, 1.807) is 24.3 Å². The molecule has 1 aromatic heterocycles. The molecule has 0 radical (unpaired) electrons. The summed E-state index contributed by atoms with van der Waals surface area (Å²) in [6.45, 7) is 4.25. The van der Waals surface area contributed by atoms with E-state index in [2.05, 4.69) is 10.5 Å². The first kappa shape index (κ1) is 16.5. The molecule has 6 heteroatoms. The van der Waals surface area contributed by atoms with Gasteiger partial charge in [-0.15, -0.1) is 0 Å². The Bertz CT molecular complexity index is 618. The van der Waals surface area contributed by atoms with Crippen LogP contribution in [-0.4, -0.2) is 22.7 Å². The van der Waals surface area contributed by atoms with Crippen LogP contribution in [0.25, 0.3) is 0 Å². The third-order valence-corrected chi connectivity index (χ3v) is 3.77. The summed E-state index contributed by atoms with van der Waals surface area (Å²) in [7, 11) is 0. The van der Waals surface area contributed by atoms with E-state index in [0.717, 1.165) is 29.9 Å². The molecule has 0 saturated carbocycles. The molecule has 2 N–H and O–H groups in total. The van der Waals surface area contributed by atoms with Crippen LogP contribution in [0.5, 0.6) is 0 Å². The fraction of sp³-hybridized carbons (Fsp3) is 0.375. The Balaban J connectivity index is 1.79. The van der Waals surface area contributed by atoms with E-state index in [1.807, 2.05) is 13.8 Å². The molecule has 0 saturated heterocycles. The van der Waals surface area contributed by atoms with Crippen LogP contribution in [0.15, 0.2) is 28.8 Å². The van der Waals surface area contributed by atoms with Gasteiger partial charge in [-0.2, -0.15) is 0 Å². The summed E-state index contributed by atoms with van der Waals surface area (Å²) in [5, 5.41) is 17.2. The summed E-state index contributed by atoms with van der Waals surface area (Å²) in [4.78, 5) is 11.9. The van der Waals surface area contributed by atoms with Crippen LogP contribution < -0.4 is 5.32 Å². The normalized spacial score (nSPS) is 12.2. The van der Waals surface area contributed by atoms with Gasteiger partial charge in [0.2, 0.25) is 0 Å². The Morgan fingerprint density at radius 3 is 2.64 bits per heavy atom. The van der Waals surface area contributed by atoms with Gasteiger partial charge in [0, 0.05) is 17.1 Å². The molecule has 0 bridgehead atoms. The molecule has 0 aliphatic rings. The Morgan fingerprint density at radius 1 is 1.36 bits per heavy atom. The van der Waals surface area contributed by atoms with Crippen molar-refractivity contribution in [3.8, 4) is 0 Å². The van der Waals surface area contributed by atoms with Crippen molar-refractivity contribution < 1.29 is 14.4 Å². The highest BCUT2D eigenvalue weighted by atomic mass is 35.5. The molecule has 0 unspecified atom stereocenters. The van der Waals surface area contributed by atoms with Gasteiger partial charge in [-0.05, 0) is 44.4 Å². The van der Waals surface area contributed by atoms with Crippen molar-refractivity contribution in [2.75, 3.05) is 6.54 Å². The second-order valence-corrected chi connectivity index (χ2v) is 5.59. The Morgan fingerprint density at radius 2 is 2.05 bits per heavy atom. The topological polar surface area (TPSA) is 75.4 Å². The largest absolute Gasteiger partial charge is 0.378 e. The summed E-state index contributed by atoms with van der Waals surface area (Å²) in [5.41, 5.74) is 2.48. The van der Waals surface area contributed by atoms with E-state index in [9.17, 15) is 9.90 Å². The van der Waals surface area contributed by atoms with Gasteiger partial charge in [-0.25, -0.2) is 0 Å². The number of hydrogen-bond donors (Lipinski definition) is 2. The molecular weight excluding hydrogens is 304 g/mol. The van der Waals surface area contributed by atoms with Gasteiger partial charge in [0.15, 0.2) is 6.10 Å². The highest BCUT2D eigenvalue weighted by molar-refractivity contribution is 6.30. The summed E-state index contributed by atoms with van der Waals surface area (Å²) in [6, 6.07) is 6.56. The Hall–Kier alpha value is -1.85. The number of benzene rings is 1. The highest BCUT2D eigenvalue weighted by Crippen LogP contribution is 2.17. The van der Waals surface area contributed by atoms with Crippen molar-refractivity contribution in [1.82, 2.24) is 10.5 Å². The van der Waals surface area contributed by atoms with Gasteiger partial charge in [0.1, 0.15) is 5.76 Å². The van der Waals surface area contributed by atoms with Crippen LogP contribution in [0, 0.1) is 13.8 Å². The molecule has 2 aromatic rings. The predicted molar refractivity (Wildman–Crippen MR) is 83.7 cm³/mol. The number of aliphatic hydroxyl groups excluding tert-OH is 1. The quantitative estimate of drug-likeness (QED) is 0.802. The SMILES string of the molecule is Cc1noc(C)c1CCCNC(=O)[C@H](O)c1ccc(Cl)cc1. The number of nitrogens with one attached hydrogen (secondary N) is 1. The first-order valence-electron chi connectivity index (χ1n) is 7.12. The fourth-order valence-electron chi connectivity index (χ4n) is 2.23. The zero-order valence-electron chi connectivity index (χ0n) is 12.6. The number of aromatic nitrogens is 1. The van der Waals surface area contributed by atoms with Crippen molar-refractivity contribution in [3.05, 3.63) is 51.9 Å². The van der Waals surface area contributed by atoms with Gasteiger partial charge < -0.3 is 14.9 Å². The monoisotopic (exact) mass is 322 g/mol. The predicted octanol–water partition coefficient (Wildman–Crippen LogP) is 2.73. The minimum atomic E-state index is -1.18. The standard InChI is InChI=1S/C16H19ClN2O3/c1-10-14(11(2)22-19-10)4-3-9-18-16(21)15(20)12-5-7-13(17)8-6-12/h5-8,15,20H,3-4,9H2,1-2H3,(H,18,21)/t15-/m1/s1. The third-order valence-electron chi connectivity index (χ3n) is 3.52. The highest BCUT2D eigenvalue weighted by Gasteiger charge is 2.16. The molecule has 2 rings (SSSR count). The molecule has 5 nitrogen and oxygen atoms in total. The van der Waals surface area contributed by atoms with E-state index in [1.165, 1.54) is 0 Å². The zero-order chi connectivity index (χ0) is 16.1. The summed E-state index contributed by atoms with van der Waals surface area (Å²) < 4.78 is 5.09. The molecule has 0 fully saturated rings. The molecule has 1 amide bonds. The number of aliphatic hydroxyl groups is 1. The van der Waals surface area contributed by atoms with Gasteiger partial charge in [0.25, 0.3) is 5.91 Å². The van der Waals surface area contributed by atoms with E-state index in [0.29, 0.717) is 17.1 Å². The molecule has 22 heavy (non-hydrogen) atoms. The molecule has 118 valence electrons. The molecule has 1 aromatic carbocycles. The lowest BCUT2D eigenvalue weighted by molar-refractivity contribution is -0.129. The van der Waals surface area contributed by atoms with Crippen LogP contribution in [0.2, 0.25) is 5.02 Å². The average Bonchev–Trinajstić information content (AvgIpc) is 2.82. The second kappa shape index (κ2) is 7.42. The first-order chi connectivity index (χ1) is 10.5. The number of amides is 1. The number of aryl methyl sites for hydroxylation is 2. The maximum absolute atomic E-state index is 11.9. The summed E-state index contributed by atoms with van der Waals surface area (Å²) >= 11 is 5.78. The van der Waals surface area contributed by atoms with E-state index in [4.69, 9.17) is 16.1 Å². The number of carbonyl (C=O) groups excluding carboxylic acids is 1. The molecule has 0 aliphatic carbocycles. The van der Waals surface area contributed by atoms with Crippen LogP contribution in [-0.2, 0) is 11.2 Å². The van der Waals surface area contributed by atoms with Gasteiger partial charge >= 0.3 is 0 Å². The lowest BCUT2D eigenvalue weighted by Crippen LogP contribution is -2.30. The maximum Gasteiger partial charge on any atom is 0.253 e. The van der Waals surface area contributed by atoms with E-state index >= 15 is 0 Å². The lowest BCUT2D eigenvalue weighted by Gasteiger charge is -2.11. The summed E-state index contributed by atoms with van der Waals surface area (Å²) in [5.74, 6) is 0.395. The molecule has 1 atom stereocenters. The van der Waals surface area contributed by atoms with Crippen molar-refractivity contribution in [2.24, 2.45) is 0 Å². The third kappa shape index (κ3) is 4.08. The molecule has 0 spiro atoms. The fourth-order valence-corrected chi connectivity index (χ4v) is 2.35. The van der Waals surface area contributed by atoms with Crippen molar-refractivity contribution in [2.45, 2.75) is 32.8 Å². The Kier molecular flexibility index (Phi) is 5.57. The number of hydrogen-bond acceptors (Lipinski definition) is 4. The van der Waals surface area contributed by atoms with Crippen molar-refractivity contribution in [3.63, 3.8) is 0 Å². The minimum Gasteiger partial charge on any atom is -0.378 e. The van der Waals surface area contributed by atoms with Gasteiger partial charge in [0.05, 0.1) is 5.69 Å². The van der Waals surface area contributed by atoms with Crippen LogP contribution in [0.4, 0.5) is 0 Å². The maximum atomic E-state index is 11.9.